The number of amides is 2. The molecule has 0 bridgehead atoms. The molecular weight excluding hydrogens is 452 g/mol. The van der Waals surface area contributed by atoms with Crippen molar-refractivity contribution in [1.82, 2.24) is 25.2 Å². The van der Waals surface area contributed by atoms with Gasteiger partial charge < -0.3 is 10.2 Å². The second kappa shape index (κ2) is 10.3. The predicted molar refractivity (Wildman–Crippen MR) is 135 cm³/mol. The van der Waals surface area contributed by atoms with Gasteiger partial charge in [0.05, 0.1) is 6.04 Å². The third-order valence-electron chi connectivity index (χ3n) is 7.52. The van der Waals surface area contributed by atoms with Crippen LogP contribution >= 0.6 is 0 Å². The Morgan fingerprint density at radius 2 is 1.75 bits per heavy atom. The maximum Gasteiger partial charge on any atom is 0.347 e. The fourth-order valence-corrected chi connectivity index (χ4v) is 5.67. The second-order valence-corrected chi connectivity index (χ2v) is 9.69. The Bertz CT molecular complexity index is 1290. The van der Waals surface area contributed by atoms with Gasteiger partial charge in [-0.3, -0.25) is 4.79 Å². The van der Waals surface area contributed by atoms with Gasteiger partial charge in [0.15, 0.2) is 5.69 Å². The summed E-state index contributed by atoms with van der Waals surface area (Å²) >= 11 is 0. The largest absolute Gasteiger partial charge is 0.347 e. The molecule has 2 fully saturated rings. The Hall–Kier alpha value is -3.99. The molecule has 1 N–H and O–H groups in total. The summed E-state index contributed by atoms with van der Waals surface area (Å²) in [6.45, 7) is 2.58. The number of carbonyl (C=O) groups excluding carboxylic acids is 2. The molecule has 3 aromatic rings. The van der Waals surface area contributed by atoms with Crippen LogP contribution in [-0.4, -0.2) is 44.4 Å². The van der Waals surface area contributed by atoms with Crippen LogP contribution in [-0.2, 0) is 0 Å². The molecule has 2 heterocycles. The van der Waals surface area contributed by atoms with Gasteiger partial charge in [-0.15, -0.1) is 5.10 Å². The Labute approximate surface area is 210 Å². The number of carbonyl (C=O) groups is 2. The fraction of sp³-hybridized carbons (Fsp3) is 0.393. The van der Waals surface area contributed by atoms with Crippen molar-refractivity contribution in [2.24, 2.45) is 5.92 Å². The number of nitrogens with one attached hydrogen (secondary N) is 1. The van der Waals surface area contributed by atoms with Gasteiger partial charge in [-0.25, -0.2) is 4.79 Å². The van der Waals surface area contributed by atoms with E-state index in [1.54, 1.807) is 24.3 Å². The Balaban J connectivity index is 1.43. The summed E-state index contributed by atoms with van der Waals surface area (Å²) < 4.78 is 1.12. The van der Waals surface area contributed by atoms with Crippen molar-refractivity contribution in [3.63, 3.8) is 0 Å². The highest BCUT2D eigenvalue weighted by Gasteiger charge is 2.37. The fourth-order valence-electron chi connectivity index (χ4n) is 5.67. The van der Waals surface area contributed by atoms with E-state index in [2.05, 4.69) is 21.7 Å². The molecule has 0 radical (unpaired) electrons. The standard InChI is InChI=1S/C28H30N6O2/c1-19(20-10-3-2-4-11-20)30-27(35)23-15-7-6-14-22(23)26-25(18-29)34(32-31-26)28(36)33-17-9-13-21-12-5-8-16-24(21)33/h2-4,6-7,10-11,14-15,19,21,24H,5,8-9,12-13,16-17H2,1H3,(H,30,35)/t19-,21?,24?/m1/s1. The van der Waals surface area contributed by atoms with Crippen LogP contribution in [0.3, 0.4) is 0 Å². The highest BCUT2D eigenvalue weighted by molar-refractivity contribution is 6.01. The van der Waals surface area contributed by atoms with Crippen molar-refractivity contribution < 1.29 is 9.59 Å². The molecule has 5 rings (SSSR count). The van der Waals surface area contributed by atoms with Gasteiger partial charge in [0, 0.05) is 23.7 Å². The van der Waals surface area contributed by atoms with E-state index in [1.807, 2.05) is 42.2 Å². The first-order chi connectivity index (χ1) is 17.6. The summed E-state index contributed by atoms with van der Waals surface area (Å²) in [5.74, 6) is 0.230. The van der Waals surface area contributed by atoms with E-state index in [-0.39, 0.29) is 35.4 Å². The smallest absolute Gasteiger partial charge is 0.345 e. The quantitative estimate of drug-likeness (QED) is 0.568. The van der Waals surface area contributed by atoms with Crippen molar-refractivity contribution in [1.29, 1.82) is 5.26 Å². The highest BCUT2D eigenvalue weighted by atomic mass is 16.2. The first-order valence-electron chi connectivity index (χ1n) is 12.7. The van der Waals surface area contributed by atoms with Crippen LogP contribution < -0.4 is 5.32 Å². The monoisotopic (exact) mass is 482 g/mol. The Kier molecular flexibility index (Phi) is 6.81. The summed E-state index contributed by atoms with van der Waals surface area (Å²) in [5, 5.41) is 21.4. The summed E-state index contributed by atoms with van der Waals surface area (Å²) in [4.78, 5) is 28.7. The number of hydrogen-bond acceptors (Lipinski definition) is 5. The van der Waals surface area contributed by atoms with Crippen LogP contribution in [0.15, 0.2) is 54.6 Å². The minimum absolute atomic E-state index is 0.0503. The van der Waals surface area contributed by atoms with Crippen molar-refractivity contribution in [2.45, 2.75) is 57.5 Å². The normalized spacial score (nSPS) is 20.2. The highest BCUT2D eigenvalue weighted by Crippen LogP contribution is 2.36. The van der Waals surface area contributed by atoms with Crippen molar-refractivity contribution >= 4 is 11.9 Å². The molecule has 2 aliphatic rings. The number of nitrogens with zero attached hydrogens (tertiary/aromatic N) is 5. The van der Waals surface area contributed by atoms with E-state index in [4.69, 9.17) is 0 Å². The molecule has 2 unspecified atom stereocenters. The Morgan fingerprint density at radius 3 is 2.56 bits per heavy atom. The van der Waals surface area contributed by atoms with Gasteiger partial charge in [0.1, 0.15) is 11.8 Å². The van der Waals surface area contributed by atoms with Gasteiger partial charge in [-0.05, 0) is 50.2 Å². The Morgan fingerprint density at radius 1 is 1.03 bits per heavy atom. The molecule has 2 aromatic carbocycles. The molecule has 1 aromatic heterocycles. The average molecular weight is 483 g/mol. The SMILES string of the molecule is C[C@@H](NC(=O)c1ccccc1-c1nnn(C(=O)N2CCCC3CCCCC32)c1C#N)c1ccccc1. The molecule has 1 saturated heterocycles. The van der Waals surface area contributed by atoms with Crippen LogP contribution in [0.4, 0.5) is 4.79 Å². The molecule has 36 heavy (non-hydrogen) atoms. The van der Waals surface area contributed by atoms with E-state index in [9.17, 15) is 14.9 Å². The van der Waals surface area contributed by atoms with Crippen LogP contribution in [0.5, 0.6) is 0 Å². The summed E-state index contributed by atoms with van der Waals surface area (Å²) in [6.07, 6.45) is 6.56. The minimum atomic E-state index is -0.304. The number of likely N-dealkylation sites (tertiary alicyclic amines) is 1. The lowest BCUT2D eigenvalue weighted by molar-refractivity contribution is 0.0831. The second-order valence-electron chi connectivity index (χ2n) is 9.69. The van der Waals surface area contributed by atoms with Crippen molar-refractivity contribution in [2.75, 3.05) is 6.54 Å². The lowest BCUT2D eigenvalue weighted by atomic mass is 9.78. The van der Waals surface area contributed by atoms with E-state index < -0.39 is 0 Å². The lowest BCUT2D eigenvalue weighted by Gasteiger charge is -2.43. The molecule has 1 aliphatic heterocycles. The van der Waals surface area contributed by atoms with Crippen molar-refractivity contribution in [3.8, 4) is 17.3 Å². The zero-order valence-corrected chi connectivity index (χ0v) is 20.4. The number of hydrogen-bond donors (Lipinski definition) is 1. The van der Waals surface area contributed by atoms with Gasteiger partial charge in [-0.1, -0.05) is 66.6 Å². The number of nitriles is 1. The van der Waals surface area contributed by atoms with E-state index in [0.717, 1.165) is 42.3 Å². The molecule has 184 valence electrons. The van der Waals surface area contributed by atoms with Crippen LogP contribution in [0, 0.1) is 17.2 Å². The zero-order chi connectivity index (χ0) is 25.1. The third-order valence-corrected chi connectivity index (χ3v) is 7.52. The maximum absolute atomic E-state index is 13.6. The molecule has 0 spiro atoms. The molecule has 1 aliphatic carbocycles. The number of fused-ring (bicyclic) bond motifs is 1. The third kappa shape index (κ3) is 4.49. The summed E-state index contributed by atoms with van der Waals surface area (Å²) in [5.41, 5.74) is 2.12. The molecule has 8 nitrogen and oxygen atoms in total. The summed E-state index contributed by atoms with van der Waals surface area (Å²) in [7, 11) is 0. The number of rotatable bonds is 4. The summed E-state index contributed by atoms with van der Waals surface area (Å²) in [6, 6.07) is 18.5. The van der Waals surface area contributed by atoms with Gasteiger partial charge in [0.25, 0.3) is 5.91 Å². The number of benzene rings is 2. The minimum Gasteiger partial charge on any atom is -0.345 e. The first kappa shape index (κ1) is 23.7. The van der Waals surface area contributed by atoms with Gasteiger partial charge >= 0.3 is 6.03 Å². The lowest BCUT2D eigenvalue weighted by Crippen LogP contribution is -2.51. The van der Waals surface area contributed by atoms with Crippen LogP contribution in [0.25, 0.3) is 11.3 Å². The van der Waals surface area contributed by atoms with Gasteiger partial charge in [0.2, 0.25) is 0 Å². The van der Waals surface area contributed by atoms with E-state index in [0.29, 0.717) is 23.6 Å². The average Bonchev–Trinajstić information content (AvgIpc) is 3.36. The molecule has 3 atom stereocenters. The van der Waals surface area contributed by atoms with Crippen LogP contribution in [0.2, 0.25) is 0 Å². The molecule has 8 heteroatoms. The predicted octanol–water partition coefficient (Wildman–Crippen LogP) is 4.93. The van der Waals surface area contributed by atoms with Crippen LogP contribution in [0.1, 0.15) is 73.1 Å². The topological polar surface area (TPSA) is 104 Å². The van der Waals surface area contributed by atoms with E-state index >= 15 is 0 Å². The zero-order valence-electron chi connectivity index (χ0n) is 20.4. The first-order valence-corrected chi connectivity index (χ1v) is 12.7. The molecular formula is C28H30N6O2. The van der Waals surface area contributed by atoms with Crippen molar-refractivity contribution in [3.05, 3.63) is 71.4 Å². The van der Waals surface area contributed by atoms with Gasteiger partial charge in [-0.2, -0.15) is 9.94 Å². The number of piperidine rings is 1. The number of aromatic nitrogens is 3. The maximum atomic E-state index is 13.6. The molecule has 2 amide bonds. The molecule has 1 saturated carbocycles. The van der Waals surface area contributed by atoms with E-state index in [1.165, 1.54) is 6.42 Å².